The first kappa shape index (κ1) is 14.7. The van der Waals surface area contributed by atoms with E-state index in [1.807, 2.05) is 39.0 Å². The van der Waals surface area contributed by atoms with Crippen molar-refractivity contribution in [2.75, 3.05) is 0 Å². The zero-order chi connectivity index (χ0) is 15.0. The number of rotatable bonds is 2. The Hall–Kier alpha value is -1.22. The number of ether oxygens (including phenoxy) is 1. The van der Waals surface area contributed by atoms with Crippen molar-refractivity contribution in [2.45, 2.75) is 56.1 Å². The van der Waals surface area contributed by atoms with E-state index in [2.05, 4.69) is 23.9 Å². The molecule has 21 heavy (non-hydrogen) atoms. The summed E-state index contributed by atoms with van der Waals surface area (Å²) in [6, 6.07) is 7.88. The Bertz CT molecular complexity index is 583. The molecular formula is C18H22O2S. The maximum absolute atomic E-state index is 12.2. The fraction of sp³-hybridized carbons (Fsp3) is 0.500. The van der Waals surface area contributed by atoms with Crippen molar-refractivity contribution in [3.8, 4) is 0 Å². The van der Waals surface area contributed by atoms with Gasteiger partial charge in [0.15, 0.2) is 0 Å². The lowest BCUT2D eigenvalue weighted by atomic mass is 9.99. The normalized spacial score (nSPS) is 24.6. The number of hydrogen-bond acceptors (Lipinski definition) is 3. The van der Waals surface area contributed by atoms with Crippen LogP contribution in [0.4, 0.5) is 0 Å². The summed E-state index contributed by atoms with van der Waals surface area (Å²) >= 11 is 2.10. The fourth-order valence-electron chi connectivity index (χ4n) is 2.94. The minimum absolute atomic E-state index is 0.238. The second-order valence-corrected chi connectivity index (χ2v) is 8.40. The summed E-state index contributed by atoms with van der Waals surface area (Å²) in [6.07, 6.45) is 6.13. The molecule has 0 amide bonds. The minimum Gasteiger partial charge on any atom is -0.456 e. The second kappa shape index (κ2) is 5.53. The third-order valence-corrected chi connectivity index (χ3v) is 5.35. The third-order valence-electron chi connectivity index (χ3n) is 3.84. The Morgan fingerprint density at radius 1 is 1.29 bits per heavy atom. The van der Waals surface area contributed by atoms with Gasteiger partial charge in [-0.3, -0.25) is 0 Å². The number of carbonyl (C=O) groups excluding carboxylic acids is 1. The summed E-state index contributed by atoms with van der Waals surface area (Å²) in [5.74, 6) is -0.238. The molecule has 1 saturated heterocycles. The average molecular weight is 302 g/mol. The minimum atomic E-state index is -0.451. The molecule has 0 aliphatic carbocycles. The Balaban J connectivity index is 1.82. The van der Waals surface area contributed by atoms with Crippen molar-refractivity contribution >= 4 is 23.3 Å². The molecule has 0 radical (unpaired) electrons. The van der Waals surface area contributed by atoms with E-state index in [9.17, 15) is 4.79 Å². The Morgan fingerprint density at radius 2 is 2.10 bits per heavy atom. The predicted molar refractivity (Wildman–Crippen MR) is 88.6 cm³/mol. The molecule has 2 aliphatic rings. The lowest BCUT2D eigenvalue weighted by molar-refractivity contribution is 0.00695. The van der Waals surface area contributed by atoms with Crippen LogP contribution in [-0.2, 0) is 4.74 Å². The van der Waals surface area contributed by atoms with Gasteiger partial charge in [-0.15, -0.1) is 0 Å². The van der Waals surface area contributed by atoms with E-state index in [0.29, 0.717) is 10.8 Å². The molecule has 0 saturated carbocycles. The van der Waals surface area contributed by atoms with Crippen molar-refractivity contribution in [3.05, 3.63) is 41.5 Å². The highest BCUT2D eigenvalue weighted by Crippen LogP contribution is 2.45. The summed E-state index contributed by atoms with van der Waals surface area (Å²) in [5, 5.41) is 1.43. The maximum atomic E-state index is 12.2. The van der Waals surface area contributed by atoms with Crippen molar-refractivity contribution in [1.29, 1.82) is 0 Å². The first-order valence-electron chi connectivity index (χ1n) is 7.61. The maximum Gasteiger partial charge on any atom is 0.338 e. The zero-order valence-electron chi connectivity index (χ0n) is 12.9. The van der Waals surface area contributed by atoms with Crippen LogP contribution >= 0.6 is 11.8 Å². The van der Waals surface area contributed by atoms with Gasteiger partial charge in [0.2, 0.25) is 0 Å². The molecule has 112 valence electrons. The molecule has 0 spiro atoms. The summed E-state index contributed by atoms with van der Waals surface area (Å²) in [5.41, 5.74) is 2.77. The molecule has 1 fully saturated rings. The van der Waals surface area contributed by atoms with Gasteiger partial charge in [0.1, 0.15) is 5.60 Å². The van der Waals surface area contributed by atoms with Gasteiger partial charge in [-0.05, 0) is 63.3 Å². The Kier molecular flexibility index (Phi) is 3.87. The number of esters is 1. The number of carbonyl (C=O) groups is 1. The van der Waals surface area contributed by atoms with Gasteiger partial charge in [-0.2, -0.15) is 11.8 Å². The van der Waals surface area contributed by atoms with Crippen molar-refractivity contribution in [3.63, 3.8) is 0 Å². The van der Waals surface area contributed by atoms with Crippen LogP contribution in [0.15, 0.2) is 30.3 Å². The summed E-state index contributed by atoms with van der Waals surface area (Å²) in [6.45, 7) is 5.69. The van der Waals surface area contributed by atoms with E-state index in [0.717, 1.165) is 11.7 Å². The van der Waals surface area contributed by atoms with Gasteiger partial charge in [0.05, 0.1) is 5.56 Å². The van der Waals surface area contributed by atoms with Crippen LogP contribution in [0.25, 0.3) is 5.57 Å². The van der Waals surface area contributed by atoms with E-state index in [1.165, 1.54) is 24.0 Å². The average Bonchev–Trinajstić information content (AvgIpc) is 2.76. The lowest BCUT2D eigenvalue weighted by Crippen LogP contribution is -2.23. The summed E-state index contributed by atoms with van der Waals surface area (Å²) in [7, 11) is 0. The topological polar surface area (TPSA) is 26.3 Å². The molecule has 3 rings (SSSR count). The van der Waals surface area contributed by atoms with E-state index < -0.39 is 5.60 Å². The summed E-state index contributed by atoms with van der Waals surface area (Å²) in [4.78, 5) is 12.2. The van der Waals surface area contributed by atoms with Crippen LogP contribution in [0.5, 0.6) is 0 Å². The number of thioether (sulfide) groups is 1. The van der Waals surface area contributed by atoms with Crippen LogP contribution in [0.1, 0.15) is 56.0 Å². The van der Waals surface area contributed by atoms with Crippen molar-refractivity contribution in [1.82, 2.24) is 0 Å². The van der Waals surface area contributed by atoms with Crippen LogP contribution < -0.4 is 0 Å². The van der Waals surface area contributed by atoms with Gasteiger partial charge in [-0.25, -0.2) is 4.79 Å². The second-order valence-electron chi connectivity index (χ2n) is 6.85. The van der Waals surface area contributed by atoms with Gasteiger partial charge >= 0.3 is 5.97 Å². The largest absolute Gasteiger partial charge is 0.456 e. The first-order chi connectivity index (χ1) is 9.90. The van der Waals surface area contributed by atoms with Crippen LogP contribution in [0, 0.1) is 0 Å². The molecule has 1 aromatic carbocycles. The van der Waals surface area contributed by atoms with E-state index in [1.54, 1.807) is 0 Å². The molecule has 2 heterocycles. The van der Waals surface area contributed by atoms with E-state index in [-0.39, 0.29) is 5.97 Å². The van der Waals surface area contributed by atoms with Crippen LogP contribution in [0.3, 0.4) is 0 Å². The number of benzene rings is 1. The van der Waals surface area contributed by atoms with Gasteiger partial charge in [0, 0.05) is 10.5 Å². The monoisotopic (exact) mass is 302 g/mol. The number of fused-ring (bicyclic) bond motifs is 2. The number of allylic oxidation sites excluding steroid dienone is 1. The third kappa shape index (κ3) is 3.52. The molecule has 1 aromatic rings. The van der Waals surface area contributed by atoms with Crippen LogP contribution in [-0.4, -0.2) is 22.1 Å². The molecule has 2 atom stereocenters. The molecule has 2 nitrogen and oxygen atoms in total. The fourth-order valence-corrected chi connectivity index (χ4v) is 4.50. The molecule has 3 heteroatoms. The summed E-state index contributed by atoms with van der Waals surface area (Å²) < 4.78 is 5.46. The molecule has 2 aliphatic heterocycles. The molecule has 0 N–H and O–H groups in total. The highest BCUT2D eigenvalue weighted by Gasteiger charge is 2.30. The predicted octanol–water partition coefficient (Wildman–Crippen LogP) is 4.69. The molecule has 0 aromatic heterocycles. The molecular weight excluding hydrogens is 280 g/mol. The molecule has 2 unspecified atom stereocenters. The SMILES string of the molecule is CC(C)(C)OC(=O)c1cccc(C2=CC3CCC(C2)S3)c1. The quantitative estimate of drug-likeness (QED) is 0.741. The Morgan fingerprint density at radius 3 is 2.81 bits per heavy atom. The standard InChI is InChI=1S/C18H22O2S/c1-18(2,3)20-17(19)13-6-4-5-12(9-13)14-10-15-7-8-16(11-14)21-15/h4-6,9-10,15-16H,7-8,11H2,1-3H3. The van der Waals surface area contributed by atoms with Crippen molar-refractivity contribution < 1.29 is 9.53 Å². The van der Waals surface area contributed by atoms with Gasteiger partial charge in [-0.1, -0.05) is 18.2 Å². The Labute approximate surface area is 131 Å². The smallest absolute Gasteiger partial charge is 0.338 e. The highest BCUT2D eigenvalue weighted by atomic mass is 32.2. The zero-order valence-corrected chi connectivity index (χ0v) is 13.7. The van der Waals surface area contributed by atoms with Crippen molar-refractivity contribution in [2.24, 2.45) is 0 Å². The number of hydrogen-bond donors (Lipinski definition) is 0. The van der Waals surface area contributed by atoms with E-state index >= 15 is 0 Å². The van der Waals surface area contributed by atoms with Gasteiger partial charge in [0.25, 0.3) is 0 Å². The first-order valence-corrected chi connectivity index (χ1v) is 8.55. The van der Waals surface area contributed by atoms with Gasteiger partial charge < -0.3 is 4.74 Å². The highest BCUT2D eigenvalue weighted by molar-refractivity contribution is 8.01. The lowest BCUT2D eigenvalue weighted by Gasteiger charge is -2.21. The van der Waals surface area contributed by atoms with Crippen LogP contribution in [0.2, 0.25) is 0 Å². The molecule has 2 bridgehead atoms. The van der Waals surface area contributed by atoms with E-state index in [4.69, 9.17) is 4.74 Å².